The number of nitrogens with one attached hydrogen (secondary N) is 2. The zero-order chi connectivity index (χ0) is 27.8. The quantitative estimate of drug-likeness (QED) is 0.420. The Hall–Kier alpha value is -2.83. The summed E-state index contributed by atoms with van der Waals surface area (Å²) in [6, 6.07) is 4.76. The first-order valence-electron chi connectivity index (χ1n) is 12.0. The summed E-state index contributed by atoms with van der Waals surface area (Å²) in [5.74, 6) is -6.42. The number of alkyl carbamates (subject to hydrolysis) is 1. The molecule has 0 spiro atoms. The molecule has 206 valence electrons. The molecule has 2 aromatic carbocycles. The van der Waals surface area contributed by atoms with E-state index in [4.69, 9.17) is 16.3 Å². The van der Waals surface area contributed by atoms with Crippen molar-refractivity contribution in [3.05, 3.63) is 58.4 Å². The van der Waals surface area contributed by atoms with E-state index >= 15 is 0 Å². The molecule has 0 heterocycles. The van der Waals surface area contributed by atoms with Crippen LogP contribution in [0.3, 0.4) is 0 Å². The molecule has 3 N–H and O–H groups in total. The smallest absolute Gasteiger partial charge is 0.407 e. The number of fused-ring (bicyclic) bond motifs is 2. The number of amides is 2. The Morgan fingerprint density at radius 3 is 2.29 bits per heavy atom. The van der Waals surface area contributed by atoms with Crippen LogP contribution in [0.2, 0.25) is 5.02 Å². The van der Waals surface area contributed by atoms with Gasteiger partial charge in [-0.25, -0.2) is 26.4 Å². The van der Waals surface area contributed by atoms with E-state index in [-0.39, 0.29) is 40.6 Å². The summed E-state index contributed by atoms with van der Waals surface area (Å²) in [5, 5.41) is 14.7. The van der Waals surface area contributed by atoms with Crippen LogP contribution in [0.1, 0.15) is 43.0 Å². The van der Waals surface area contributed by atoms with Crippen molar-refractivity contribution in [1.82, 2.24) is 5.32 Å². The van der Waals surface area contributed by atoms with Crippen molar-refractivity contribution in [3.8, 4) is 0 Å². The number of carbonyl (C=O) groups excluding carboxylic acids is 2. The number of hydrogen-bond acceptors (Lipinski definition) is 6. The molecular formula is C25H26ClF3N2O6S. The van der Waals surface area contributed by atoms with Gasteiger partial charge in [-0.05, 0) is 62.6 Å². The predicted octanol–water partition coefficient (Wildman–Crippen LogP) is 4.45. The highest BCUT2D eigenvalue weighted by atomic mass is 35.5. The Labute approximate surface area is 222 Å². The summed E-state index contributed by atoms with van der Waals surface area (Å²) in [4.78, 5) is 24.1. The number of halogens is 4. The predicted molar refractivity (Wildman–Crippen MR) is 132 cm³/mol. The van der Waals surface area contributed by atoms with Gasteiger partial charge in [0.2, 0.25) is 0 Å². The Morgan fingerprint density at radius 2 is 1.71 bits per heavy atom. The molecule has 2 amide bonds. The fraction of sp³-hybridized carbons (Fsp3) is 0.440. The lowest BCUT2D eigenvalue weighted by Crippen LogP contribution is -2.49. The minimum Gasteiger partial charge on any atom is -0.446 e. The molecule has 4 atom stereocenters. The Kier molecular flexibility index (Phi) is 7.96. The lowest BCUT2D eigenvalue weighted by molar-refractivity contribution is -0.0634. The largest absolute Gasteiger partial charge is 0.446 e. The number of benzene rings is 2. The average Bonchev–Trinajstić information content (AvgIpc) is 3.15. The molecule has 0 aromatic heterocycles. The highest BCUT2D eigenvalue weighted by Crippen LogP contribution is 2.51. The van der Waals surface area contributed by atoms with Crippen LogP contribution in [0.25, 0.3) is 0 Å². The number of hydrogen-bond donors (Lipinski definition) is 3. The number of anilines is 1. The van der Waals surface area contributed by atoms with Crippen molar-refractivity contribution >= 4 is 39.1 Å². The van der Waals surface area contributed by atoms with Crippen LogP contribution in [0.15, 0.2) is 35.2 Å². The zero-order valence-electron chi connectivity index (χ0n) is 20.3. The van der Waals surface area contributed by atoms with Crippen LogP contribution >= 0.6 is 11.6 Å². The van der Waals surface area contributed by atoms with Crippen molar-refractivity contribution in [2.24, 2.45) is 11.8 Å². The molecule has 2 bridgehead atoms. The molecule has 0 saturated heterocycles. The normalized spacial score (nSPS) is 24.6. The average molecular weight is 575 g/mol. The molecule has 2 aromatic rings. The number of carbonyl (C=O) groups is 2. The SMILES string of the molecule is CCNC(=O)OCC1(O)CC2CC[C@@H](C1)C2S(=O)(=O)c1cc(C(=O)Nc2cc(F)c(F)c(F)c2)ccc1Cl. The zero-order valence-corrected chi connectivity index (χ0v) is 21.8. The third kappa shape index (κ3) is 5.62. The van der Waals surface area contributed by atoms with Crippen LogP contribution in [0.5, 0.6) is 0 Å². The molecule has 38 heavy (non-hydrogen) atoms. The lowest BCUT2D eigenvalue weighted by atomic mass is 9.77. The first kappa shape index (κ1) is 28.2. The van der Waals surface area contributed by atoms with Gasteiger partial charge in [-0.1, -0.05) is 11.6 Å². The molecule has 4 rings (SSSR count). The monoisotopic (exact) mass is 574 g/mol. The Bertz CT molecular complexity index is 1340. The van der Waals surface area contributed by atoms with E-state index in [2.05, 4.69) is 10.6 Å². The van der Waals surface area contributed by atoms with E-state index in [9.17, 15) is 36.3 Å². The topological polar surface area (TPSA) is 122 Å². The van der Waals surface area contributed by atoms with Gasteiger partial charge >= 0.3 is 6.09 Å². The fourth-order valence-corrected chi connectivity index (χ4v) is 8.34. The Balaban J connectivity index is 1.54. The Morgan fingerprint density at radius 1 is 1.11 bits per heavy atom. The molecule has 0 aliphatic heterocycles. The minimum atomic E-state index is -4.08. The summed E-state index contributed by atoms with van der Waals surface area (Å²) in [7, 11) is -4.08. The standard InChI is InChI=1S/C25H26ClF3N2O6S/c1-2-30-24(33)37-12-25(34)10-14-3-4-15(11-25)22(14)38(35,36)20-7-13(5-6-17(20)26)23(32)31-16-8-18(27)21(29)19(28)9-16/h5-9,14-15,22,34H,2-4,10-12H2,1H3,(H,30,33)(H,31,32)/t14-,15?,22?,25?/m0/s1. The molecular weight excluding hydrogens is 549 g/mol. The second kappa shape index (κ2) is 10.7. The summed E-state index contributed by atoms with van der Waals surface area (Å²) in [5.41, 5.74) is -1.87. The summed E-state index contributed by atoms with van der Waals surface area (Å²) in [6.07, 6.45) is 0.615. The van der Waals surface area contributed by atoms with Crippen molar-refractivity contribution in [2.45, 2.75) is 48.4 Å². The van der Waals surface area contributed by atoms with Gasteiger partial charge in [0.1, 0.15) is 6.61 Å². The van der Waals surface area contributed by atoms with Crippen molar-refractivity contribution in [1.29, 1.82) is 0 Å². The first-order chi connectivity index (χ1) is 17.8. The van der Waals surface area contributed by atoms with Gasteiger partial charge in [-0.2, -0.15) is 0 Å². The molecule has 8 nitrogen and oxygen atoms in total. The molecule has 2 fully saturated rings. The van der Waals surface area contributed by atoms with E-state index in [0.717, 1.165) is 6.07 Å². The highest BCUT2D eigenvalue weighted by molar-refractivity contribution is 7.92. The highest BCUT2D eigenvalue weighted by Gasteiger charge is 2.54. The van der Waals surface area contributed by atoms with Crippen molar-refractivity contribution < 1.29 is 41.0 Å². The number of sulfone groups is 1. The van der Waals surface area contributed by atoms with Gasteiger partial charge in [0.25, 0.3) is 5.91 Å². The first-order valence-corrected chi connectivity index (χ1v) is 13.9. The summed E-state index contributed by atoms with van der Waals surface area (Å²) < 4.78 is 72.9. The van der Waals surface area contributed by atoms with Crippen LogP contribution in [0.4, 0.5) is 23.7 Å². The second-order valence-corrected chi connectivity index (χ2v) is 12.2. The maximum atomic E-state index is 13.8. The number of rotatable bonds is 7. The molecule has 2 aliphatic rings. The van der Waals surface area contributed by atoms with Crippen LogP contribution in [0, 0.1) is 29.3 Å². The van der Waals surface area contributed by atoms with E-state index in [1.165, 1.54) is 12.1 Å². The molecule has 3 unspecified atom stereocenters. The summed E-state index contributed by atoms with van der Waals surface area (Å²) in [6.45, 7) is 1.82. The van der Waals surface area contributed by atoms with Crippen LogP contribution in [-0.4, -0.2) is 49.5 Å². The minimum absolute atomic E-state index is 0.103. The fourth-order valence-electron chi connectivity index (χ4n) is 5.50. The van der Waals surface area contributed by atoms with Crippen molar-refractivity contribution in [3.63, 3.8) is 0 Å². The third-order valence-electron chi connectivity index (χ3n) is 7.01. The van der Waals surface area contributed by atoms with Gasteiger partial charge in [0.05, 0.1) is 20.8 Å². The van der Waals surface area contributed by atoms with Gasteiger partial charge in [0, 0.05) is 29.9 Å². The number of ether oxygens (including phenoxy) is 1. The van der Waals surface area contributed by atoms with Gasteiger partial charge in [-0.3, -0.25) is 4.79 Å². The molecule has 13 heteroatoms. The second-order valence-electron chi connectivity index (χ2n) is 9.70. The van der Waals surface area contributed by atoms with Crippen LogP contribution < -0.4 is 10.6 Å². The van der Waals surface area contributed by atoms with E-state index in [0.29, 0.717) is 31.5 Å². The van der Waals surface area contributed by atoms with Crippen molar-refractivity contribution in [2.75, 3.05) is 18.5 Å². The van der Waals surface area contributed by atoms with E-state index in [1.807, 2.05) is 0 Å². The summed E-state index contributed by atoms with van der Waals surface area (Å²) >= 11 is 6.24. The van der Waals surface area contributed by atoms with E-state index < -0.39 is 62.0 Å². The van der Waals surface area contributed by atoms with Gasteiger partial charge in [0.15, 0.2) is 27.3 Å². The number of aliphatic hydroxyl groups is 1. The maximum Gasteiger partial charge on any atom is 0.407 e. The molecule has 2 saturated carbocycles. The molecule has 0 radical (unpaired) electrons. The molecule has 2 aliphatic carbocycles. The maximum absolute atomic E-state index is 13.8. The van der Waals surface area contributed by atoms with Gasteiger partial charge < -0.3 is 20.5 Å². The lowest BCUT2D eigenvalue weighted by Gasteiger charge is -2.40. The van der Waals surface area contributed by atoms with E-state index in [1.54, 1.807) is 6.92 Å². The van der Waals surface area contributed by atoms with Gasteiger partial charge in [-0.15, -0.1) is 0 Å². The van der Waals surface area contributed by atoms with Crippen LogP contribution in [-0.2, 0) is 14.6 Å². The third-order valence-corrected chi connectivity index (χ3v) is 9.89.